The van der Waals surface area contributed by atoms with Crippen LogP contribution in [0.1, 0.15) is 11.1 Å². The van der Waals surface area contributed by atoms with Crippen molar-refractivity contribution in [1.82, 2.24) is 0 Å². The summed E-state index contributed by atoms with van der Waals surface area (Å²) in [7, 11) is 1.53. The van der Waals surface area contributed by atoms with E-state index in [2.05, 4.69) is 22.6 Å². The maximum absolute atomic E-state index is 8.89. The molecule has 0 fully saturated rings. The van der Waals surface area contributed by atoms with E-state index in [0.717, 1.165) is 0 Å². The summed E-state index contributed by atoms with van der Waals surface area (Å²) in [5, 5.41) is 26.7. The quantitative estimate of drug-likeness (QED) is 0.467. The fraction of sp³-hybridized carbons (Fsp3) is 0.125. The van der Waals surface area contributed by atoms with Crippen LogP contribution in [-0.2, 0) is 0 Å². The van der Waals surface area contributed by atoms with Crippen molar-refractivity contribution in [1.29, 1.82) is 10.5 Å². The number of hydrogen-bond acceptors (Lipinski definition) is 4. The third-order valence-electron chi connectivity index (χ3n) is 2.25. The number of benzene rings is 2. The molecule has 0 aliphatic heterocycles. The van der Waals surface area contributed by atoms with Crippen molar-refractivity contribution in [2.24, 2.45) is 0 Å². The molecule has 0 aliphatic carbocycles. The highest BCUT2D eigenvalue weighted by molar-refractivity contribution is 14.1. The second kappa shape index (κ2) is 11.8. The van der Waals surface area contributed by atoms with E-state index in [-0.39, 0.29) is 5.75 Å². The first-order chi connectivity index (χ1) is 11.0. The number of aromatic hydroxyl groups is 1. The number of ether oxygens (including phenoxy) is 1. The molecule has 0 saturated heterocycles. The van der Waals surface area contributed by atoms with Crippen molar-refractivity contribution >= 4 is 45.8 Å². The summed E-state index contributed by atoms with van der Waals surface area (Å²) in [6.45, 7) is 0. The number of nitrogens with zero attached hydrogens (tertiary/aromatic N) is 2. The fourth-order valence-electron chi connectivity index (χ4n) is 1.38. The molecule has 0 saturated carbocycles. The standard InChI is InChI=1S/C8H6ClNO.C7H4ClNO.CH3I/c1-11-8-3-6(5-10)2-7(9)4-8;8-6-1-5(4-9)2-7(10)3-6;1-2/h2-4H,1H3;1-3,10H;1H3. The van der Waals surface area contributed by atoms with Crippen LogP contribution in [0.5, 0.6) is 11.5 Å². The van der Waals surface area contributed by atoms with E-state index in [1.807, 2.05) is 17.1 Å². The lowest BCUT2D eigenvalue weighted by molar-refractivity contribution is 0.414. The smallest absolute Gasteiger partial charge is 0.121 e. The number of rotatable bonds is 1. The topological polar surface area (TPSA) is 77.0 Å². The Labute approximate surface area is 159 Å². The average Bonchev–Trinajstić information content (AvgIpc) is 2.55. The molecule has 7 heteroatoms. The molecule has 0 spiro atoms. The van der Waals surface area contributed by atoms with Crippen LogP contribution in [0.25, 0.3) is 0 Å². The Hall–Kier alpha value is -1.67. The van der Waals surface area contributed by atoms with Gasteiger partial charge in [-0.1, -0.05) is 45.8 Å². The summed E-state index contributed by atoms with van der Waals surface area (Å²) >= 11 is 13.3. The van der Waals surface area contributed by atoms with Gasteiger partial charge in [0.1, 0.15) is 11.5 Å². The van der Waals surface area contributed by atoms with Gasteiger partial charge in [0.15, 0.2) is 0 Å². The molecule has 0 aliphatic rings. The maximum Gasteiger partial charge on any atom is 0.121 e. The predicted octanol–water partition coefficient (Wildman–Crippen LogP) is 5.19. The van der Waals surface area contributed by atoms with Crippen molar-refractivity contribution in [2.45, 2.75) is 0 Å². The van der Waals surface area contributed by atoms with Gasteiger partial charge in [-0.05, 0) is 41.3 Å². The van der Waals surface area contributed by atoms with E-state index in [0.29, 0.717) is 26.9 Å². The SMILES string of the molecule is CI.COc1cc(Cl)cc(C#N)c1.N#Cc1cc(O)cc(Cl)c1. The molecule has 0 radical (unpaired) electrons. The maximum atomic E-state index is 8.89. The minimum Gasteiger partial charge on any atom is -0.508 e. The van der Waals surface area contributed by atoms with Gasteiger partial charge in [-0.15, -0.1) is 0 Å². The largest absolute Gasteiger partial charge is 0.508 e. The number of halogens is 3. The normalized spacial score (nSPS) is 8.30. The Morgan fingerprint density at radius 3 is 1.83 bits per heavy atom. The molecule has 2 aromatic carbocycles. The third-order valence-corrected chi connectivity index (χ3v) is 2.68. The van der Waals surface area contributed by atoms with E-state index < -0.39 is 0 Å². The van der Waals surface area contributed by atoms with Gasteiger partial charge in [-0.25, -0.2) is 0 Å². The van der Waals surface area contributed by atoms with Crippen LogP contribution < -0.4 is 4.74 Å². The van der Waals surface area contributed by atoms with Crippen LogP contribution in [0.4, 0.5) is 0 Å². The minimum absolute atomic E-state index is 0.0176. The molecule has 0 unspecified atom stereocenters. The first-order valence-corrected chi connectivity index (χ1v) is 8.92. The Morgan fingerprint density at radius 2 is 1.39 bits per heavy atom. The highest BCUT2D eigenvalue weighted by atomic mass is 127. The Morgan fingerprint density at radius 1 is 0.913 bits per heavy atom. The summed E-state index contributed by atoms with van der Waals surface area (Å²) in [5.74, 6) is 0.623. The average molecular weight is 463 g/mol. The monoisotopic (exact) mass is 462 g/mol. The van der Waals surface area contributed by atoms with Gasteiger partial charge < -0.3 is 9.84 Å². The van der Waals surface area contributed by atoms with E-state index in [1.165, 1.54) is 25.3 Å². The zero-order chi connectivity index (χ0) is 17.8. The molecule has 0 amide bonds. The minimum atomic E-state index is 0.0176. The van der Waals surface area contributed by atoms with Crippen LogP contribution in [0.2, 0.25) is 10.0 Å². The van der Waals surface area contributed by atoms with E-state index >= 15 is 0 Å². The number of phenolic OH excluding ortho intramolecular Hbond substituents is 1. The molecule has 0 aromatic heterocycles. The molecule has 1 N–H and O–H groups in total. The Balaban J connectivity index is 0.000000381. The highest BCUT2D eigenvalue weighted by Crippen LogP contribution is 2.20. The number of methoxy groups -OCH3 is 1. The van der Waals surface area contributed by atoms with Crippen LogP contribution in [0.15, 0.2) is 36.4 Å². The molecular weight excluding hydrogens is 450 g/mol. The van der Waals surface area contributed by atoms with E-state index in [9.17, 15) is 0 Å². The molecule has 2 rings (SSSR count). The van der Waals surface area contributed by atoms with Crippen LogP contribution >= 0.6 is 45.8 Å². The Bertz CT molecular complexity index is 705. The summed E-state index contributed by atoms with van der Waals surface area (Å²) in [5.41, 5.74) is 0.874. The van der Waals surface area contributed by atoms with Crippen molar-refractivity contribution in [3.05, 3.63) is 57.6 Å². The van der Waals surface area contributed by atoms with Crippen molar-refractivity contribution in [2.75, 3.05) is 12.0 Å². The number of nitriles is 2. The van der Waals surface area contributed by atoms with E-state index in [4.69, 9.17) is 43.6 Å². The molecule has 0 heterocycles. The zero-order valence-electron chi connectivity index (χ0n) is 12.3. The number of phenols is 1. The molecular formula is C16H13Cl2IN2O2. The molecule has 0 bridgehead atoms. The Kier molecular flexibility index (Phi) is 11.0. The van der Waals surface area contributed by atoms with Crippen LogP contribution in [-0.4, -0.2) is 17.1 Å². The molecule has 23 heavy (non-hydrogen) atoms. The fourth-order valence-corrected chi connectivity index (χ4v) is 1.84. The lowest BCUT2D eigenvalue weighted by atomic mass is 10.2. The van der Waals surface area contributed by atoms with Gasteiger partial charge in [0.25, 0.3) is 0 Å². The second-order valence-electron chi connectivity index (χ2n) is 3.80. The van der Waals surface area contributed by atoms with Gasteiger partial charge >= 0.3 is 0 Å². The van der Waals surface area contributed by atoms with Crippen molar-refractivity contribution in [3.63, 3.8) is 0 Å². The summed E-state index contributed by atoms with van der Waals surface area (Å²) in [6.07, 6.45) is 0. The van der Waals surface area contributed by atoms with Crippen molar-refractivity contribution in [3.8, 4) is 23.6 Å². The highest BCUT2D eigenvalue weighted by Gasteiger charge is 1.97. The molecule has 2 aromatic rings. The summed E-state index contributed by atoms with van der Waals surface area (Å²) in [4.78, 5) is 1.97. The third kappa shape index (κ3) is 8.51. The van der Waals surface area contributed by atoms with Gasteiger partial charge in [0.2, 0.25) is 0 Å². The first-order valence-electron chi connectivity index (χ1n) is 6.00. The van der Waals surface area contributed by atoms with Gasteiger partial charge in [0, 0.05) is 10.0 Å². The first kappa shape index (κ1) is 21.3. The zero-order valence-corrected chi connectivity index (χ0v) is 16.0. The van der Waals surface area contributed by atoms with Gasteiger partial charge in [0.05, 0.1) is 30.4 Å². The predicted molar refractivity (Wildman–Crippen MR) is 100 cm³/mol. The molecule has 0 atom stereocenters. The van der Waals surface area contributed by atoms with Gasteiger partial charge in [-0.3, -0.25) is 0 Å². The molecule has 4 nitrogen and oxygen atoms in total. The van der Waals surface area contributed by atoms with Gasteiger partial charge in [-0.2, -0.15) is 10.5 Å². The summed E-state index contributed by atoms with van der Waals surface area (Å²) < 4.78 is 4.90. The number of alkyl halides is 1. The summed E-state index contributed by atoms with van der Waals surface area (Å²) in [6, 6.07) is 12.9. The molecule has 120 valence electrons. The van der Waals surface area contributed by atoms with E-state index in [1.54, 1.807) is 18.2 Å². The van der Waals surface area contributed by atoms with Crippen LogP contribution in [0.3, 0.4) is 0 Å². The lowest BCUT2D eigenvalue weighted by Gasteiger charge is -1.99. The van der Waals surface area contributed by atoms with Crippen molar-refractivity contribution < 1.29 is 9.84 Å². The number of hydrogen-bond donors (Lipinski definition) is 1. The second-order valence-corrected chi connectivity index (χ2v) is 4.67. The van der Waals surface area contributed by atoms with Crippen LogP contribution in [0, 0.1) is 22.7 Å². The lowest BCUT2D eigenvalue weighted by Crippen LogP contribution is -1.83.